The lowest BCUT2D eigenvalue weighted by atomic mass is 10.3. The highest BCUT2D eigenvalue weighted by molar-refractivity contribution is 8.03. The molecule has 0 spiro atoms. The summed E-state index contributed by atoms with van der Waals surface area (Å²) in [6.45, 7) is 4.07. The molecule has 8 heteroatoms. The first-order chi connectivity index (χ1) is 8.92. The zero-order valence-electron chi connectivity index (χ0n) is 10.9. The lowest BCUT2D eigenvalue weighted by Crippen LogP contribution is -2.33. The molecule has 0 radical (unpaired) electrons. The molecule has 0 saturated carbocycles. The summed E-state index contributed by atoms with van der Waals surface area (Å²) in [6.07, 6.45) is 2.63. The number of nitro groups is 1. The fourth-order valence-corrected chi connectivity index (χ4v) is 2.22. The van der Waals surface area contributed by atoms with Crippen LogP contribution in [0.1, 0.15) is 33.1 Å². The Morgan fingerprint density at radius 3 is 2.47 bits per heavy atom. The van der Waals surface area contributed by atoms with Crippen molar-refractivity contribution in [1.29, 1.82) is 0 Å². The van der Waals surface area contributed by atoms with Crippen molar-refractivity contribution in [1.82, 2.24) is 4.90 Å². The van der Waals surface area contributed by atoms with Crippen LogP contribution in [0.15, 0.2) is 11.2 Å². The number of nitrogens with zero attached hydrogens (tertiary/aromatic N) is 2. The summed E-state index contributed by atoms with van der Waals surface area (Å²) < 4.78 is 0. The summed E-state index contributed by atoms with van der Waals surface area (Å²) in [6, 6.07) is 0. The molecule has 1 heterocycles. The molecule has 1 fully saturated rings. The summed E-state index contributed by atoms with van der Waals surface area (Å²) in [7, 11) is 0. The van der Waals surface area contributed by atoms with Gasteiger partial charge in [0.2, 0.25) is 11.1 Å². The molecule has 0 atom stereocenters. The predicted octanol–water partition coefficient (Wildman–Crippen LogP) is 2.60. The minimum Gasteiger partial charge on any atom is -0.302 e. The zero-order valence-corrected chi connectivity index (χ0v) is 12.5. The Morgan fingerprint density at radius 1 is 1.47 bits per heavy atom. The van der Waals surface area contributed by atoms with Crippen molar-refractivity contribution in [3.05, 3.63) is 21.3 Å². The van der Waals surface area contributed by atoms with Gasteiger partial charge in [0, 0.05) is 25.1 Å². The maximum absolute atomic E-state index is 11.4. The number of hydrogen-bond donors (Lipinski definition) is 0. The maximum Gasteiger partial charge on any atom is 0.264 e. The molecule has 0 aromatic carbocycles. The van der Waals surface area contributed by atoms with E-state index in [-0.39, 0.29) is 11.1 Å². The fraction of sp³-hybridized carbons (Fsp3) is 0.636. The van der Waals surface area contributed by atoms with Crippen LogP contribution in [0, 0.1) is 10.1 Å². The van der Waals surface area contributed by atoms with Gasteiger partial charge >= 0.3 is 0 Å². The topological polar surface area (TPSA) is 80.5 Å². The lowest BCUT2D eigenvalue weighted by Gasteiger charge is -2.26. The van der Waals surface area contributed by atoms with E-state index >= 15 is 0 Å². The van der Waals surface area contributed by atoms with Crippen LogP contribution in [0.25, 0.3) is 0 Å². The highest BCUT2D eigenvalue weighted by atomic mass is 35.5. The third-order valence-corrected chi connectivity index (χ3v) is 3.52. The second-order valence-corrected chi connectivity index (χ2v) is 5.10. The van der Waals surface area contributed by atoms with Gasteiger partial charge in [0.25, 0.3) is 6.20 Å². The van der Waals surface area contributed by atoms with E-state index in [0.717, 1.165) is 18.4 Å². The van der Waals surface area contributed by atoms with E-state index in [0.29, 0.717) is 24.4 Å². The molecular formula is C11H17ClN2O4S. The first-order valence-electron chi connectivity index (χ1n) is 5.89. The number of hydrogen-bond acceptors (Lipinski definition) is 5. The third kappa shape index (κ3) is 7.84. The van der Waals surface area contributed by atoms with Crippen LogP contribution in [0.2, 0.25) is 0 Å². The Hall–Kier alpha value is -1.08. The van der Waals surface area contributed by atoms with Crippen LogP contribution in [-0.4, -0.2) is 33.3 Å². The van der Waals surface area contributed by atoms with Gasteiger partial charge in [0.1, 0.15) is 5.03 Å². The van der Waals surface area contributed by atoms with Gasteiger partial charge in [-0.2, -0.15) is 0 Å². The van der Waals surface area contributed by atoms with Gasteiger partial charge in [-0.25, -0.2) is 0 Å². The number of carbonyl (C=O) groups is 2. The highest BCUT2D eigenvalue weighted by Gasteiger charge is 2.23. The minimum absolute atomic E-state index is 0.0506. The van der Waals surface area contributed by atoms with Crippen LogP contribution in [-0.2, 0) is 9.59 Å². The van der Waals surface area contributed by atoms with E-state index in [4.69, 9.17) is 11.6 Å². The first-order valence-corrected chi connectivity index (χ1v) is 7.25. The molecule has 0 aromatic rings. The third-order valence-electron chi connectivity index (χ3n) is 2.14. The van der Waals surface area contributed by atoms with E-state index in [1.54, 1.807) is 13.8 Å². The van der Waals surface area contributed by atoms with Crippen molar-refractivity contribution >= 4 is 34.5 Å². The van der Waals surface area contributed by atoms with Crippen molar-refractivity contribution in [3.63, 3.8) is 0 Å². The standard InChI is InChI=1S/C8H12N2O3S.C3H5ClO/c1-2-7(11)9-4-3-5-14-8(9)6-10(12)13;1-2-3(4)5/h6H,2-5H2,1H3;2H2,1H3. The normalized spacial score (nSPS) is 16.6. The molecule has 1 rings (SSSR count). The number of carbonyl (C=O) groups excluding carboxylic acids is 2. The Labute approximate surface area is 121 Å². The van der Waals surface area contributed by atoms with Gasteiger partial charge in [-0.05, 0) is 18.0 Å². The van der Waals surface area contributed by atoms with E-state index in [1.807, 2.05) is 0 Å². The molecule has 0 aliphatic carbocycles. The lowest BCUT2D eigenvalue weighted by molar-refractivity contribution is -0.403. The van der Waals surface area contributed by atoms with Gasteiger partial charge in [-0.3, -0.25) is 19.7 Å². The number of halogens is 1. The summed E-state index contributed by atoms with van der Waals surface area (Å²) >= 11 is 6.19. The number of rotatable bonds is 3. The summed E-state index contributed by atoms with van der Waals surface area (Å²) in [5, 5.41) is 10.5. The molecule has 19 heavy (non-hydrogen) atoms. The van der Waals surface area contributed by atoms with Gasteiger partial charge in [-0.1, -0.05) is 13.8 Å². The fourth-order valence-electron chi connectivity index (χ4n) is 1.22. The van der Waals surface area contributed by atoms with E-state index in [1.165, 1.54) is 16.7 Å². The monoisotopic (exact) mass is 308 g/mol. The van der Waals surface area contributed by atoms with E-state index in [2.05, 4.69) is 0 Å². The molecule has 1 aliphatic rings. The zero-order chi connectivity index (χ0) is 14.8. The molecule has 6 nitrogen and oxygen atoms in total. The van der Waals surface area contributed by atoms with Gasteiger partial charge < -0.3 is 4.90 Å². The molecule has 0 bridgehead atoms. The smallest absolute Gasteiger partial charge is 0.264 e. The molecule has 1 aliphatic heterocycles. The van der Waals surface area contributed by atoms with E-state index < -0.39 is 4.92 Å². The van der Waals surface area contributed by atoms with Crippen molar-refractivity contribution in [2.24, 2.45) is 0 Å². The quantitative estimate of drug-likeness (QED) is 0.455. The molecule has 108 valence electrons. The second-order valence-electron chi connectivity index (χ2n) is 3.56. The summed E-state index contributed by atoms with van der Waals surface area (Å²) in [4.78, 5) is 32.3. The van der Waals surface area contributed by atoms with Gasteiger partial charge in [0.15, 0.2) is 0 Å². The molecule has 0 aromatic heterocycles. The van der Waals surface area contributed by atoms with E-state index in [9.17, 15) is 19.7 Å². The van der Waals surface area contributed by atoms with Crippen molar-refractivity contribution < 1.29 is 14.5 Å². The van der Waals surface area contributed by atoms with Gasteiger partial charge in [0.05, 0.1) is 4.92 Å². The predicted molar refractivity (Wildman–Crippen MR) is 75.3 cm³/mol. The van der Waals surface area contributed by atoms with Crippen molar-refractivity contribution in [3.8, 4) is 0 Å². The van der Waals surface area contributed by atoms with Crippen LogP contribution < -0.4 is 0 Å². The molecule has 0 N–H and O–H groups in total. The Kier molecular flexibility index (Phi) is 9.24. The van der Waals surface area contributed by atoms with Crippen LogP contribution in [0.3, 0.4) is 0 Å². The molecule has 1 amide bonds. The van der Waals surface area contributed by atoms with Gasteiger partial charge in [-0.15, -0.1) is 11.8 Å². The summed E-state index contributed by atoms with van der Waals surface area (Å²) in [5.74, 6) is 0.790. The molecule has 1 saturated heterocycles. The Morgan fingerprint density at radius 2 is 2.05 bits per heavy atom. The minimum atomic E-state index is -0.510. The first kappa shape index (κ1) is 17.9. The average Bonchev–Trinajstić information content (AvgIpc) is 2.38. The van der Waals surface area contributed by atoms with Crippen molar-refractivity contribution in [2.75, 3.05) is 12.3 Å². The van der Waals surface area contributed by atoms with Crippen LogP contribution in [0.5, 0.6) is 0 Å². The van der Waals surface area contributed by atoms with Crippen LogP contribution >= 0.6 is 23.4 Å². The average molecular weight is 309 g/mol. The molecular weight excluding hydrogens is 292 g/mol. The van der Waals surface area contributed by atoms with Crippen LogP contribution in [0.4, 0.5) is 0 Å². The summed E-state index contributed by atoms with van der Waals surface area (Å²) in [5.41, 5.74) is 0. The SMILES string of the molecule is CCC(=O)Cl.CCC(=O)N1CCCSC1=C[N+](=O)[O-]. The number of amides is 1. The largest absolute Gasteiger partial charge is 0.302 e. The van der Waals surface area contributed by atoms with Crippen molar-refractivity contribution in [2.45, 2.75) is 33.1 Å². The Bertz CT molecular complexity index is 374. The second kappa shape index (κ2) is 9.80. The molecule has 0 unspecified atom stereocenters. The number of thioether (sulfide) groups is 1. The highest BCUT2D eigenvalue weighted by Crippen LogP contribution is 2.27. The maximum atomic E-state index is 11.4. The Balaban J connectivity index is 0.000000555.